The molecule has 0 aliphatic carbocycles. The maximum Gasteiger partial charge on any atom is 0.143 e. The molecule has 0 heterocycles. The molecule has 0 spiro atoms. The van der Waals surface area contributed by atoms with Crippen LogP contribution in [0, 0.1) is 0 Å². The van der Waals surface area contributed by atoms with Gasteiger partial charge in [-0.2, -0.15) is 0 Å². The zero-order valence-electron chi connectivity index (χ0n) is 9.36. The van der Waals surface area contributed by atoms with Gasteiger partial charge in [0.25, 0.3) is 0 Å². The molecule has 3 heteroatoms. The van der Waals surface area contributed by atoms with Gasteiger partial charge in [-0.3, -0.25) is 9.69 Å². The van der Waals surface area contributed by atoms with Gasteiger partial charge in [0.1, 0.15) is 5.78 Å². The number of nitrogen functional groups attached to an aromatic ring is 1. The molecule has 0 saturated heterocycles. The van der Waals surface area contributed by atoms with Gasteiger partial charge < -0.3 is 5.73 Å². The molecular formula is C12H18N2O. The summed E-state index contributed by atoms with van der Waals surface area (Å²) in [5, 5.41) is 0. The van der Waals surface area contributed by atoms with Crippen LogP contribution in [0.2, 0.25) is 0 Å². The lowest BCUT2D eigenvalue weighted by molar-refractivity contribution is -0.118. The minimum Gasteiger partial charge on any atom is -0.399 e. The molecule has 3 nitrogen and oxygen atoms in total. The van der Waals surface area contributed by atoms with Crippen LogP contribution >= 0.6 is 0 Å². The fraction of sp³-hybridized carbons (Fsp3) is 0.417. The molecule has 0 fully saturated rings. The number of anilines is 1. The second-order valence-electron chi connectivity index (χ2n) is 3.75. The average molecular weight is 206 g/mol. The highest BCUT2D eigenvalue weighted by molar-refractivity contribution is 5.77. The zero-order valence-corrected chi connectivity index (χ0v) is 9.36. The molecular weight excluding hydrogens is 188 g/mol. The summed E-state index contributed by atoms with van der Waals surface area (Å²) < 4.78 is 0. The molecule has 15 heavy (non-hydrogen) atoms. The van der Waals surface area contributed by atoms with Crippen molar-refractivity contribution in [3.05, 3.63) is 29.8 Å². The van der Waals surface area contributed by atoms with E-state index in [1.165, 1.54) is 5.56 Å². The Bertz CT molecular complexity index is 319. The first-order valence-corrected chi connectivity index (χ1v) is 5.18. The molecule has 0 aromatic heterocycles. The number of rotatable bonds is 5. The number of hydrogen-bond donors (Lipinski definition) is 1. The minimum absolute atomic E-state index is 0.201. The first-order chi connectivity index (χ1) is 7.11. The third-order valence-corrected chi connectivity index (χ3v) is 2.28. The molecule has 0 aliphatic heterocycles. The van der Waals surface area contributed by atoms with Crippen LogP contribution in [0.25, 0.3) is 0 Å². The molecule has 0 radical (unpaired) electrons. The minimum atomic E-state index is 0.201. The van der Waals surface area contributed by atoms with Crippen LogP contribution in [0.15, 0.2) is 24.3 Å². The summed E-state index contributed by atoms with van der Waals surface area (Å²) in [6, 6.07) is 7.77. The van der Waals surface area contributed by atoms with E-state index in [4.69, 9.17) is 5.73 Å². The lowest BCUT2D eigenvalue weighted by Gasteiger charge is -2.18. The number of nitrogens with zero attached hydrogens (tertiary/aromatic N) is 1. The Morgan fingerprint density at radius 1 is 1.33 bits per heavy atom. The van der Waals surface area contributed by atoms with E-state index in [0.29, 0.717) is 6.54 Å². The SMILES string of the molecule is CCN(CC(C)=O)Cc1ccc(N)cc1. The summed E-state index contributed by atoms with van der Waals surface area (Å²) in [5.41, 5.74) is 7.56. The predicted octanol–water partition coefficient (Wildman–Crippen LogP) is 1.68. The van der Waals surface area contributed by atoms with Crippen LogP contribution in [0.1, 0.15) is 19.4 Å². The standard InChI is InChI=1S/C12H18N2O/c1-3-14(8-10(2)15)9-11-4-6-12(13)7-5-11/h4-7H,3,8-9,13H2,1-2H3. The smallest absolute Gasteiger partial charge is 0.143 e. The van der Waals surface area contributed by atoms with Gasteiger partial charge in [-0.25, -0.2) is 0 Å². The van der Waals surface area contributed by atoms with Crippen molar-refractivity contribution in [2.24, 2.45) is 0 Å². The van der Waals surface area contributed by atoms with Gasteiger partial charge in [-0.1, -0.05) is 19.1 Å². The molecule has 0 unspecified atom stereocenters. The monoisotopic (exact) mass is 206 g/mol. The molecule has 0 amide bonds. The number of likely N-dealkylation sites (N-methyl/N-ethyl adjacent to an activating group) is 1. The summed E-state index contributed by atoms with van der Waals surface area (Å²) in [6.45, 7) is 5.87. The first kappa shape index (κ1) is 11.7. The second-order valence-corrected chi connectivity index (χ2v) is 3.75. The van der Waals surface area contributed by atoms with E-state index in [-0.39, 0.29) is 5.78 Å². The summed E-state index contributed by atoms with van der Waals surface area (Å²) >= 11 is 0. The summed E-state index contributed by atoms with van der Waals surface area (Å²) in [7, 11) is 0. The third-order valence-electron chi connectivity index (χ3n) is 2.28. The number of benzene rings is 1. The fourth-order valence-electron chi connectivity index (χ4n) is 1.48. The number of Topliss-reactive ketones (excluding diaryl/α,β-unsaturated/α-hetero) is 1. The summed E-state index contributed by atoms with van der Waals surface area (Å²) in [5.74, 6) is 0.201. The molecule has 2 N–H and O–H groups in total. The van der Waals surface area contributed by atoms with Gasteiger partial charge in [0, 0.05) is 12.2 Å². The van der Waals surface area contributed by atoms with Gasteiger partial charge in [-0.15, -0.1) is 0 Å². The maximum absolute atomic E-state index is 11.0. The predicted molar refractivity (Wildman–Crippen MR) is 62.5 cm³/mol. The summed E-state index contributed by atoms with van der Waals surface area (Å²) in [6.07, 6.45) is 0. The largest absolute Gasteiger partial charge is 0.399 e. The molecule has 1 rings (SSSR count). The first-order valence-electron chi connectivity index (χ1n) is 5.18. The average Bonchev–Trinajstić information content (AvgIpc) is 2.19. The van der Waals surface area contributed by atoms with Gasteiger partial charge in [0.15, 0.2) is 0 Å². The number of carbonyl (C=O) groups excluding carboxylic acids is 1. The van der Waals surface area contributed by atoms with Crippen molar-refractivity contribution < 1.29 is 4.79 Å². The highest BCUT2D eigenvalue weighted by atomic mass is 16.1. The molecule has 0 aliphatic rings. The van der Waals surface area contributed by atoms with Crippen LogP contribution in [-0.4, -0.2) is 23.8 Å². The highest BCUT2D eigenvalue weighted by Crippen LogP contribution is 2.08. The Morgan fingerprint density at radius 2 is 1.93 bits per heavy atom. The van der Waals surface area contributed by atoms with Crippen molar-refractivity contribution in [2.45, 2.75) is 20.4 Å². The Labute approximate surface area is 90.9 Å². The van der Waals surface area contributed by atoms with Crippen LogP contribution < -0.4 is 5.73 Å². The third kappa shape index (κ3) is 4.13. The van der Waals surface area contributed by atoms with Crippen molar-refractivity contribution in [2.75, 3.05) is 18.8 Å². The summed E-state index contributed by atoms with van der Waals surface area (Å²) in [4.78, 5) is 13.1. The van der Waals surface area contributed by atoms with Crippen LogP contribution in [-0.2, 0) is 11.3 Å². The molecule has 1 aromatic carbocycles. The van der Waals surface area contributed by atoms with E-state index >= 15 is 0 Å². The van der Waals surface area contributed by atoms with Crippen molar-refractivity contribution in [3.8, 4) is 0 Å². The van der Waals surface area contributed by atoms with Crippen molar-refractivity contribution in [1.29, 1.82) is 0 Å². The Kier molecular flexibility index (Phi) is 4.31. The van der Waals surface area contributed by atoms with E-state index in [2.05, 4.69) is 11.8 Å². The normalized spacial score (nSPS) is 10.6. The van der Waals surface area contributed by atoms with Crippen molar-refractivity contribution in [3.63, 3.8) is 0 Å². The van der Waals surface area contributed by atoms with Crippen molar-refractivity contribution in [1.82, 2.24) is 4.90 Å². The second kappa shape index (κ2) is 5.51. The molecule has 0 saturated carbocycles. The number of nitrogens with two attached hydrogens (primary N) is 1. The number of hydrogen-bond acceptors (Lipinski definition) is 3. The van der Waals surface area contributed by atoms with E-state index in [1.54, 1.807) is 6.92 Å². The van der Waals surface area contributed by atoms with Crippen LogP contribution in [0.4, 0.5) is 5.69 Å². The molecule has 82 valence electrons. The van der Waals surface area contributed by atoms with Gasteiger partial charge in [-0.05, 0) is 31.2 Å². The Hall–Kier alpha value is -1.35. The molecule has 0 atom stereocenters. The molecule has 0 bridgehead atoms. The van der Waals surface area contributed by atoms with E-state index in [0.717, 1.165) is 18.8 Å². The van der Waals surface area contributed by atoms with Gasteiger partial charge in [0.05, 0.1) is 6.54 Å². The lowest BCUT2D eigenvalue weighted by atomic mass is 10.2. The topological polar surface area (TPSA) is 46.3 Å². The number of carbonyl (C=O) groups is 1. The van der Waals surface area contributed by atoms with Gasteiger partial charge in [0.2, 0.25) is 0 Å². The number of ketones is 1. The van der Waals surface area contributed by atoms with E-state index in [1.807, 2.05) is 24.3 Å². The maximum atomic E-state index is 11.0. The van der Waals surface area contributed by atoms with Gasteiger partial charge >= 0.3 is 0 Å². The van der Waals surface area contributed by atoms with E-state index in [9.17, 15) is 4.79 Å². The molecule has 1 aromatic rings. The van der Waals surface area contributed by atoms with Crippen molar-refractivity contribution >= 4 is 11.5 Å². The lowest BCUT2D eigenvalue weighted by Crippen LogP contribution is -2.27. The van der Waals surface area contributed by atoms with E-state index < -0.39 is 0 Å². The highest BCUT2D eigenvalue weighted by Gasteiger charge is 2.05. The fourth-order valence-corrected chi connectivity index (χ4v) is 1.48. The quantitative estimate of drug-likeness (QED) is 0.745. The zero-order chi connectivity index (χ0) is 11.3. The van der Waals surface area contributed by atoms with Crippen LogP contribution in [0.5, 0.6) is 0 Å². The van der Waals surface area contributed by atoms with Crippen LogP contribution in [0.3, 0.4) is 0 Å². The Morgan fingerprint density at radius 3 is 2.40 bits per heavy atom. The Balaban J connectivity index is 2.58.